The van der Waals surface area contributed by atoms with Crippen LogP contribution in [0.3, 0.4) is 0 Å². The average Bonchev–Trinajstić information content (AvgIpc) is 3.66. The molecule has 1 aliphatic rings. The molecule has 0 fully saturated rings. The van der Waals surface area contributed by atoms with Gasteiger partial charge in [-0.15, -0.1) is 11.3 Å². The summed E-state index contributed by atoms with van der Waals surface area (Å²) in [5.41, 5.74) is 10.8. The van der Waals surface area contributed by atoms with Crippen molar-refractivity contribution in [2.75, 3.05) is 0 Å². The highest BCUT2D eigenvalue weighted by atomic mass is 32.1. The molecule has 3 aromatic heterocycles. The summed E-state index contributed by atoms with van der Waals surface area (Å²) in [6.07, 6.45) is 1.88. The summed E-state index contributed by atoms with van der Waals surface area (Å²) in [7, 11) is 0. The van der Waals surface area contributed by atoms with Gasteiger partial charge in [0.15, 0.2) is 0 Å². The van der Waals surface area contributed by atoms with Crippen molar-refractivity contribution in [3.63, 3.8) is 0 Å². The smallest absolute Gasteiger partial charge is 0.123 e. The van der Waals surface area contributed by atoms with E-state index in [-0.39, 0.29) is 11.2 Å². The number of pyridine rings is 2. The second kappa shape index (κ2) is 11.0. The van der Waals surface area contributed by atoms with Gasteiger partial charge in [-0.2, -0.15) is 0 Å². The Kier molecular flexibility index (Phi) is 6.62. The summed E-state index contributed by atoms with van der Waals surface area (Å²) in [6.45, 7) is 6.63. The van der Waals surface area contributed by atoms with Crippen LogP contribution in [0, 0.1) is 0 Å². The maximum absolute atomic E-state index is 11.4. The number of aromatic hydroxyl groups is 1. The van der Waals surface area contributed by atoms with Crippen LogP contribution in [0.5, 0.6) is 5.75 Å². The third kappa shape index (κ3) is 4.48. The third-order valence-electron chi connectivity index (χ3n) is 10.1. The molecule has 3 nitrogen and oxygen atoms in total. The number of hydrogen-bond donors (Lipinski definition) is 1. The van der Waals surface area contributed by atoms with E-state index in [0.717, 1.165) is 43.9 Å². The Morgan fingerprint density at radius 3 is 2.02 bits per heavy atom. The fourth-order valence-electron chi connectivity index (χ4n) is 7.74. The first-order chi connectivity index (χ1) is 23.8. The van der Waals surface area contributed by atoms with Crippen molar-refractivity contribution in [3.8, 4) is 39.3 Å². The minimum Gasteiger partial charge on any atom is -0.507 e. The molecule has 0 amide bonds. The van der Waals surface area contributed by atoms with Crippen LogP contribution in [0.1, 0.15) is 48.8 Å². The lowest BCUT2D eigenvalue weighted by atomic mass is 9.72. The van der Waals surface area contributed by atoms with Crippen LogP contribution in [0.25, 0.3) is 53.7 Å². The number of phenols is 1. The van der Waals surface area contributed by atoms with Crippen molar-refractivity contribution in [2.45, 2.75) is 31.6 Å². The summed E-state index contributed by atoms with van der Waals surface area (Å²) in [5, 5.41) is 13.8. The van der Waals surface area contributed by atoms with Crippen molar-refractivity contribution in [1.82, 2.24) is 9.97 Å². The Morgan fingerprint density at radius 1 is 0.592 bits per heavy atom. The fraction of sp³-hybridized carbons (Fsp3) is 0.111. The maximum atomic E-state index is 11.4. The Balaban J connectivity index is 1.32. The summed E-state index contributed by atoms with van der Waals surface area (Å²) in [4.78, 5) is 10.5. The van der Waals surface area contributed by atoms with Gasteiger partial charge in [-0.1, -0.05) is 106 Å². The summed E-state index contributed by atoms with van der Waals surface area (Å²) < 4.78 is 2.38. The van der Waals surface area contributed by atoms with Crippen molar-refractivity contribution in [3.05, 3.63) is 174 Å². The van der Waals surface area contributed by atoms with Gasteiger partial charge in [0.1, 0.15) is 11.2 Å². The lowest BCUT2D eigenvalue weighted by Gasteiger charge is -2.31. The first-order valence-electron chi connectivity index (χ1n) is 16.7. The van der Waals surface area contributed by atoms with Crippen molar-refractivity contribution in [1.29, 1.82) is 0 Å². The average molecular weight is 651 g/mol. The first kappa shape index (κ1) is 29.6. The fourth-order valence-corrected chi connectivity index (χ4v) is 8.91. The zero-order valence-corrected chi connectivity index (χ0v) is 28.4. The number of benzene rings is 5. The molecule has 3 heterocycles. The molecule has 1 aliphatic carbocycles. The van der Waals surface area contributed by atoms with Crippen molar-refractivity contribution < 1.29 is 5.11 Å². The molecule has 236 valence electrons. The van der Waals surface area contributed by atoms with Crippen LogP contribution in [0.2, 0.25) is 0 Å². The second-order valence-electron chi connectivity index (χ2n) is 13.9. The van der Waals surface area contributed by atoms with E-state index in [9.17, 15) is 5.11 Å². The molecule has 49 heavy (non-hydrogen) atoms. The molecule has 0 radical (unpaired) electrons. The van der Waals surface area contributed by atoms with Gasteiger partial charge in [0.2, 0.25) is 0 Å². The van der Waals surface area contributed by atoms with Gasteiger partial charge in [0.25, 0.3) is 0 Å². The van der Waals surface area contributed by atoms with Crippen LogP contribution >= 0.6 is 11.3 Å². The molecule has 0 atom stereocenters. The molecule has 5 aromatic carbocycles. The molecule has 1 N–H and O–H groups in total. The number of nitrogens with zero attached hydrogens (tertiary/aromatic N) is 2. The number of phenolic OH excluding ortho intramolecular Hbond substituents is 1. The number of thiophene rings is 1. The standard InChI is InChI=1S/C45H34N2OS/c1-44(2,3)29-22-23-38(48)33(27-29)34-25-28(26-40-43(34)32-15-6-9-19-39(32)49-40)37-18-12-21-42(47-37)45(41-20-10-11-24-46-41)35-16-7-4-13-30(35)31-14-5-8-17-36(31)45/h4-27,48H,1-3H3. The van der Waals surface area contributed by atoms with Crippen LogP contribution < -0.4 is 0 Å². The third-order valence-corrected chi connectivity index (χ3v) is 11.2. The summed E-state index contributed by atoms with van der Waals surface area (Å²) in [6, 6.07) is 48.9. The van der Waals surface area contributed by atoms with Gasteiger partial charge in [-0.3, -0.25) is 9.97 Å². The highest BCUT2D eigenvalue weighted by molar-refractivity contribution is 7.26. The maximum Gasteiger partial charge on any atom is 0.123 e. The van der Waals surface area contributed by atoms with E-state index in [2.05, 4.69) is 142 Å². The number of rotatable bonds is 4. The zero-order chi connectivity index (χ0) is 33.3. The van der Waals surface area contributed by atoms with Gasteiger partial charge >= 0.3 is 0 Å². The highest BCUT2D eigenvalue weighted by Crippen LogP contribution is 2.55. The quantitative estimate of drug-likeness (QED) is 0.206. The molecule has 0 saturated carbocycles. The number of hydrogen-bond acceptors (Lipinski definition) is 4. The lowest BCUT2D eigenvalue weighted by molar-refractivity contribution is 0.476. The Labute approximate surface area is 290 Å². The SMILES string of the molecule is CC(C)(C)c1ccc(O)c(-c2cc(-c3cccc(C4(c5ccccn5)c5ccccc5-c5ccccc54)n3)cc3sc4ccccc4c23)c1. The molecule has 4 heteroatoms. The highest BCUT2D eigenvalue weighted by Gasteiger charge is 2.48. The molecule has 0 bridgehead atoms. The van der Waals surface area contributed by atoms with Crippen molar-refractivity contribution >= 4 is 31.5 Å². The van der Waals surface area contributed by atoms with Crippen molar-refractivity contribution in [2.24, 2.45) is 0 Å². The minimum atomic E-state index is -0.686. The van der Waals surface area contributed by atoms with Gasteiger partial charge in [0, 0.05) is 37.5 Å². The Hall–Kier alpha value is -5.58. The normalized spacial score (nSPS) is 13.4. The molecule has 0 aliphatic heterocycles. The van der Waals surface area contributed by atoms with E-state index in [1.165, 1.54) is 37.9 Å². The molecule has 9 rings (SSSR count). The van der Waals surface area contributed by atoms with Crippen LogP contribution in [-0.2, 0) is 10.8 Å². The Bertz CT molecular complexity index is 2510. The van der Waals surface area contributed by atoms with E-state index >= 15 is 0 Å². The molecule has 0 saturated heterocycles. The predicted molar refractivity (Wildman–Crippen MR) is 203 cm³/mol. The number of fused-ring (bicyclic) bond motifs is 6. The Morgan fingerprint density at radius 2 is 1.29 bits per heavy atom. The minimum absolute atomic E-state index is 0.0700. The van der Waals surface area contributed by atoms with E-state index in [1.54, 1.807) is 11.3 Å². The molecule has 8 aromatic rings. The zero-order valence-electron chi connectivity index (χ0n) is 27.6. The summed E-state index contributed by atoms with van der Waals surface area (Å²) >= 11 is 1.78. The molecule has 0 unspecified atom stereocenters. The molecular formula is C45H34N2OS. The topological polar surface area (TPSA) is 46.0 Å². The van der Waals surface area contributed by atoms with Gasteiger partial charge < -0.3 is 5.11 Å². The number of aromatic nitrogens is 2. The van der Waals surface area contributed by atoms with Crippen LogP contribution in [-0.4, -0.2) is 15.1 Å². The van der Waals surface area contributed by atoms with Crippen LogP contribution in [0.15, 0.2) is 146 Å². The van der Waals surface area contributed by atoms with E-state index in [1.807, 2.05) is 24.4 Å². The first-order valence-corrected chi connectivity index (χ1v) is 17.5. The van der Waals surface area contributed by atoms with E-state index < -0.39 is 5.41 Å². The molecule has 0 spiro atoms. The van der Waals surface area contributed by atoms with E-state index in [4.69, 9.17) is 9.97 Å². The predicted octanol–water partition coefficient (Wildman–Crippen LogP) is 11.5. The van der Waals surface area contributed by atoms with Gasteiger partial charge in [-0.25, -0.2) is 0 Å². The summed E-state index contributed by atoms with van der Waals surface area (Å²) in [5.74, 6) is 0.275. The monoisotopic (exact) mass is 650 g/mol. The molecular weight excluding hydrogens is 617 g/mol. The largest absolute Gasteiger partial charge is 0.507 e. The van der Waals surface area contributed by atoms with Gasteiger partial charge in [-0.05, 0) is 93.4 Å². The van der Waals surface area contributed by atoms with Crippen LogP contribution in [0.4, 0.5) is 0 Å². The van der Waals surface area contributed by atoms with E-state index in [0.29, 0.717) is 0 Å². The lowest BCUT2D eigenvalue weighted by Crippen LogP contribution is -2.31. The van der Waals surface area contributed by atoms with Gasteiger partial charge in [0.05, 0.1) is 17.1 Å². The second-order valence-corrected chi connectivity index (χ2v) is 15.0.